The van der Waals surface area contributed by atoms with Gasteiger partial charge in [-0.1, -0.05) is 26.0 Å². The highest BCUT2D eigenvalue weighted by Crippen LogP contribution is 2.22. The fraction of sp³-hybridized carbons (Fsp3) is 0.500. The number of ketones is 1. The standard InChI is InChI=1S/C14H20O3/c1-10(2)13(7-8-15)14(16)11-5-4-6-12(9-11)17-3/h4-6,9-10,13,15H,7-8H2,1-3H3. The predicted molar refractivity (Wildman–Crippen MR) is 67.4 cm³/mol. The van der Waals surface area contributed by atoms with Gasteiger partial charge in [-0.15, -0.1) is 0 Å². The van der Waals surface area contributed by atoms with Crippen molar-refractivity contribution >= 4 is 5.78 Å². The zero-order chi connectivity index (χ0) is 12.8. The van der Waals surface area contributed by atoms with Crippen LogP contribution in [-0.2, 0) is 0 Å². The molecule has 0 radical (unpaired) electrons. The number of ether oxygens (including phenoxy) is 1. The van der Waals surface area contributed by atoms with E-state index >= 15 is 0 Å². The van der Waals surface area contributed by atoms with E-state index < -0.39 is 0 Å². The highest BCUT2D eigenvalue weighted by atomic mass is 16.5. The number of carbonyl (C=O) groups excluding carboxylic acids is 1. The van der Waals surface area contributed by atoms with Crippen LogP contribution in [0.4, 0.5) is 0 Å². The van der Waals surface area contributed by atoms with Gasteiger partial charge in [-0.25, -0.2) is 0 Å². The Hall–Kier alpha value is -1.35. The smallest absolute Gasteiger partial charge is 0.166 e. The van der Waals surface area contributed by atoms with E-state index in [0.717, 1.165) is 0 Å². The van der Waals surface area contributed by atoms with Crippen LogP contribution in [0.3, 0.4) is 0 Å². The average molecular weight is 236 g/mol. The third-order valence-corrected chi connectivity index (χ3v) is 2.94. The second-order valence-corrected chi connectivity index (χ2v) is 4.46. The summed E-state index contributed by atoms with van der Waals surface area (Å²) in [5, 5.41) is 9.01. The number of aliphatic hydroxyl groups excluding tert-OH is 1. The van der Waals surface area contributed by atoms with Gasteiger partial charge in [0.1, 0.15) is 5.75 Å². The molecule has 17 heavy (non-hydrogen) atoms. The molecule has 0 saturated heterocycles. The van der Waals surface area contributed by atoms with Crippen molar-refractivity contribution in [1.29, 1.82) is 0 Å². The van der Waals surface area contributed by atoms with Crippen LogP contribution in [0.5, 0.6) is 5.75 Å². The zero-order valence-electron chi connectivity index (χ0n) is 10.6. The second kappa shape index (κ2) is 6.40. The Morgan fingerprint density at radius 2 is 2.12 bits per heavy atom. The summed E-state index contributed by atoms with van der Waals surface area (Å²) in [6, 6.07) is 7.16. The van der Waals surface area contributed by atoms with Crippen molar-refractivity contribution in [3.63, 3.8) is 0 Å². The molecule has 1 aromatic carbocycles. The molecule has 0 amide bonds. The molecule has 0 spiro atoms. The largest absolute Gasteiger partial charge is 0.497 e. The second-order valence-electron chi connectivity index (χ2n) is 4.46. The van der Waals surface area contributed by atoms with Crippen molar-refractivity contribution in [2.45, 2.75) is 20.3 Å². The third-order valence-electron chi connectivity index (χ3n) is 2.94. The minimum atomic E-state index is -0.132. The number of aliphatic hydroxyl groups is 1. The number of Topliss-reactive ketones (excluding diaryl/α,β-unsaturated/α-hetero) is 1. The fourth-order valence-corrected chi connectivity index (χ4v) is 1.90. The molecule has 1 N–H and O–H groups in total. The molecule has 1 rings (SSSR count). The maximum atomic E-state index is 12.3. The van der Waals surface area contributed by atoms with Crippen LogP contribution >= 0.6 is 0 Å². The Labute approximate surface area is 102 Å². The molecule has 94 valence electrons. The van der Waals surface area contributed by atoms with Crippen LogP contribution in [0.2, 0.25) is 0 Å². The molecule has 1 aromatic rings. The van der Waals surface area contributed by atoms with Gasteiger partial charge in [-0.05, 0) is 24.5 Å². The summed E-state index contributed by atoms with van der Waals surface area (Å²) in [6.45, 7) is 4.04. The van der Waals surface area contributed by atoms with Gasteiger partial charge in [-0.3, -0.25) is 4.79 Å². The average Bonchev–Trinajstić information content (AvgIpc) is 2.34. The number of hydrogen-bond acceptors (Lipinski definition) is 3. The summed E-state index contributed by atoms with van der Waals surface area (Å²) in [7, 11) is 1.58. The molecular formula is C14H20O3. The topological polar surface area (TPSA) is 46.5 Å². The van der Waals surface area contributed by atoms with Crippen LogP contribution in [0.15, 0.2) is 24.3 Å². The van der Waals surface area contributed by atoms with Gasteiger partial charge in [0.2, 0.25) is 0 Å². The number of methoxy groups -OCH3 is 1. The Morgan fingerprint density at radius 3 is 2.65 bits per heavy atom. The predicted octanol–water partition coefficient (Wildman–Crippen LogP) is 2.53. The van der Waals surface area contributed by atoms with Crippen LogP contribution in [0.25, 0.3) is 0 Å². The number of benzene rings is 1. The molecule has 0 aliphatic heterocycles. The number of hydrogen-bond donors (Lipinski definition) is 1. The molecule has 0 heterocycles. The molecule has 3 heteroatoms. The minimum absolute atomic E-state index is 0.0402. The molecule has 0 aromatic heterocycles. The molecule has 0 aliphatic carbocycles. The monoisotopic (exact) mass is 236 g/mol. The van der Waals surface area contributed by atoms with Gasteiger partial charge in [0.05, 0.1) is 7.11 Å². The van der Waals surface area contributed by atoms with Crippen molar-refractivity contribution in [2.24, 2.45) is 11.8 Å². The van der Waals surface area contributed by atoms with Crippen LogP contribution in [0, 0.1) is 11.8 Å². The quantitative estimate of drug-likeness (QED) is 0.772. The van der Waals surface area contributed by atoms with Crippen molar-refractivity contribution in [1.82, 2.24) is 0 Å². The van der Waals surface area contributed by atoms with Crippen molar-refractivity contribution in [3.8, 4) is 5.75 Å². The van der Waals surface area contributed by atoms with Crippen molar-refractivity contribution < 1.29 is 14.6 Å². The summed E-state index contributed by atoms with van der Waals surface area (Å²) in [6.07, 6.45) is 0.508. The van der Waals surface area contributed by atoms with Gasteiger partial charge in [0.25, 0.3) is 0 Å². The van der Waals surface area contributed by atoms with Gasteiger partial charge >= 0.3 is 0 Å². The van der Waals surface area contributed by atoms with E-state index in [-0.39, 0.29) is 24.2 Å². The SMILES string of the molecule is COc1cccc(C(=O)C(CCO)C(C)C)c1. The van der Waals surface area contributed by atoms with Crippen LogP contribution < -0.4 is 4.74 Å². The molecule has 0 fully saturated rings. The molecule has 1 unspecified atom stereocenters. The highest BCUT2D eigenvalue weighted by Gasteiger charge is 2.23. The Balaban J connectivity index is 2.92. The van der Waals surface area contributed by atoms with Gasteiger partial charge in [0.15, 0.2) is 5.78 Å². The summed E-state index contributed by atoms with van der Waals surface area (Å²) in [5.41, 5.74) is 0.650. The van der Waals surface area contributed by atoms with E-state index in [1.807, 2.05) is 26.0 Å². The highest BCUT2D eigenvalue weighted by molar-refractivity contribution is 5.98. The lowest BCUT2D eigenvalue weighted by Gasteiger charge is -2.18. The molecule has 0 bridgehead atoms. The Morgan fingerprint density at radius 1 is 1.41 bits per heavy atom. The van der Waals surface area contributed by atoms with Crippen molar-refractivity contribution in [2.75, 3.05) is 13.7 Å². The Bertz CT molecular complexity index is 371. The minimum Gasteiger partial charge on any atom is -0.497 e. The van der Waals surface area contributed by atoms with E-state index in [2.05, 4.69) is 0 Å². The zero-order valence-corrected chi connectivity index (χ0v) is 10.6. The first-order chi connectivity index (χ1) is 8.10. The molecule has 0 saturated carbocycles. The summed E-state index contributed by atoms with van der Waals surface area (Å²) < 4.78 is 5.10. The van der Waals surface area contributed by atoms with Crippen LogP contribution in [-0.4, -0.2) is 24.6 Å². The van der Waals surface area contributed by atoms with E-state index in [1.165, 1.54) is 0 Å². The summed E-state index contributed by atoms with van der Waals surface area (Å²) >= 11 is 0. The van der Waals surface area contributed by atoms with Gasteiger partial charge in [0, 0.05) is 18.1 Å². The number of rotatable bonds is 6. The first-order valence-electron chi connectivity index (χ1n) is 5.89. The molecule has 0 aliphatic rings. The number of carbonyl (C=O) groups is 1. The lowest BCUT2D eigenvalue weighted by molar-refractivity contribution is 0.0853. The third kappa shape index (κ3) is 3.56. The molecule has 1 atom stereocenters. The fourth-order valence-electron chi connectivity index (χ4n) is 1.90. The van der Waals surface area contributed by atoms with E-state index in [1.54, 1.807) is 19.2 Å². The maximum absolute atomic E-state index is 12.3. The van der Waals surface area contributed by atoms with E-state index in [9.17, 15) is 4.79 Å². The van der Waals surface area contributed by atoms with E-state index in [0.29, 0.717) is 17.7 Å². The van der Waals surface area contributed by atoms with Crippen molar-refractivity contribution in [3.05, 3.63) is 29.8 Å². The first kappa shape index (κ1) is 13.7. The maximum Gasteiger partial charge on any atom is 0.166 e. The lowest BCUT2D eigenvalue weighted by Crippen LogP contribution is -2.21. The normalized spacial score (nSPS) is 12.5. The van der Waals surface area contributed by atoms with Gasteiger partial charge < -0.3 is 9.84 Å². The summed E-state index contributed by atoms with van der Waals surface area (Å²) in [4.78, 5) is 12.3. The molecule has 3 nitrogen and oxygen atoms in total. The summed E-state index contributed by atoms with van der Waals surface area (Å²) in [5.74, 6) is 0.850. The first-order valence-corrected chi connectivity index (χ1v) is 5.89. The molecular weight excluding hydrogens is 216 g/mol. The van der Waals surface area contributed by atoms with E-state index in [4.69, 9.17) is 9.84 Å². The van der Waals surface area contributed by atoms with Gasteiger partial charge in [-0.2, -0.15) is 0 Å². The lowest BCUT2D eigenvalue weighted by atomic mass is 9.85. The Kier molecular flexibility index (Phi) is 5.16. The van der Waals surface area contributed by atoms with Crippen LogP contribution in [0.1, 0.15) is 30.6 Å².